The number of phenolic OH excluding ortho intramolecular Hbond substituents is 1. The standard InChI is InChI=1S/C21H21N5O/c1-2-12-25(14-16-8-6-7-11-19(16)27)20-18-13-24-26(21(18)23-15-22-20)17-9-4-3-5-10-17/h3-11,13,15,27H,2,12,14H2,1H3. The van der Waals surface area contributed by atoms with E-state index in [1.54, 1.807) is 12.4 Å². The normalized spacial score (nSPS) is 11.0. The van der Waals surface area contributed by atoms with Crippen LogP contribution in [0.3, 0.4) is 0 Å². The van der Waals surface area contributed by atoms with Gasteiger partial charge in [0, 0.05) is 18.7 Å². The highest BCUT2D eigenvalue weighted by Gasteiger charge is 2.17. The molecule has 0 aliphatic heterocycles. The van der Waals surface area contributed by atoms with E-state index in [1.165, 1.54) is 0 Å². The maximum atomic E-state index is 10.2. The number of aromatic hydroxyl groups is 1. The van der Waals surface area contributed by atoms with Gasteiger partial charge in [-0.2, -0.15) is 5.10 Å². The minimum atomic E-state index is 0.295. The fourth-order valence-corrected chi connectivity index (χ4v) is 3.22. The summed E-state index contributed by atoms with van der Waals surface area (Å²) < 4.78 is 1.82. The van der Waals surface area contributed by atoms with Crippen molar-refractivity contribution in [3.05, 3.63) is 72.7 Å². The first-order valence-corrected chi connectivity index (χ1v) is 9.04. The number of hydrogen-bond acceptors (Lipinski definition) is 5. The van der Waals surface area contributed by atoms with E-state index in [2.05, 4.69) is 26.9 Å². The summed E-state index contributed by atoms with van der Waals surface area (Å²) in [6.45, 7) is 3.52. The minimum Gasteiger partial charge on any atom is -0.508 e. The summed E-state index contributed by atoms with van der Waals surface area (Å²) in [5.41, 5.74) is 2.60. The summed E-state index contributed by atoms with van der Waals surface area (Å²) in [7, 11) is 0. The molecule has 0 fully saturated rings. The van der Waals surface area contributed by atoms with E-state index in [0.717, 1.165) is 41.1 Å². The zero-order valence-electron chi connectivity index (χ0n) is 15.2. The van der Waals surface area contributed by atoms with Crippen LogP contribution in [-0.4, -0.2) is 31.4 Å². The number of phenols is 1. The first-order chi connectivity index (χ1) is 13.3. The van der Waals surface area contributed by atoms with Crippen LogP contribution >= 0.6 is 0 Å². The van der Waals surface area contributed by atoms with Crippen LogP contribution in [0.4, 0.5) is 5.82 Å². The van der Waals surface area contributed by atoms with Crippen LogP contribution in [0.1, 0.15) is 18.9 Å². The lowest BCUT2D eigenvalue weighted by molar-refractivity contribution is 0.467. The number of rotatable bonds is 6. The molecular formula is C21H21N5O. The molecule has 2 aromatic carbocycles. The van der Waals surface area contributed by atoms with Crippen LogP contribution in [0.25, 0.3) is 16.7 Å². The van der Waals surface area contributed by atoms with Gasteiger partial charge in [-0.3, -0.25) is 0 Å². The Morgan fingerprint density at radius 1 is 1.00 bits per heavy atom. The van der Waals surface area contributed by atoms with Crippen LogP contribution in [0.2, 0.25) is 0 Å². The SMILES string of the molecule is CCCN(Cc1ccccc1O)c1ncnc2c1cnn2-c1ccccc1. The number of aromatic nitrogens is 4. The Bertz CT molecular complexity index is 1040. The molecule has 4 rings (SSSR count). The predicted molar refractivity (Wildman–Crippen MR) is 106 cm³/mol. The van der Waals surface area contributed by atoms with E-state index in [9.17, 15) is 5.11 Å². The average molecular weight is 359 g/mol. The van der Waals surface area contributed by atoms with Gasteiger partial charge in [0.1, 0.15) is 17.9 Å². The Labute approximate surface area is 157 Å². The molecule has 2 heterocycles. The Kier molecular flexibility index (Phi) is 4.70. The van der Waals surface area contributed by atoms with Crippen molar-refractivity contribution >= 4 is 16.9 Å². The largest absolute Gasteiger partial charge is 0.508 e. The van der Waals surface area contributed by atoms with E-state index in [1.807, 2.05) is 59.4 Å². The molecule has 0 atom stereocenters. The van der Waals surface area contributed by atoms with E-state index < -0.39 is 0 Å². The number of anilines is 1. The highest BCUT2D eigenvalue weighted by atomic mass is 16.3. The molecule has 1 N–H and O–H groups in total. The number of benzene rings is 2. The van der Waals surface area contributed by atoms with Gasteiger partial charge in [-0.25, -0.2) is 14.6 Å². The van der Waals surface area contributed by atoms with E-state index >= 15 is 0 Å². The molecule has 0 saturated heterocycles. The summed E-state index contributed by atoms with van der Waals surface area (Å²) in [6.07, 6.45) is 4.35. The van der Waals surface area contributed by atoms with Gasteiger partial charge in [-0.15, -0.1) is 0 Å². The van der Waals surface area contributed by atoms with Gasteiger partial charge in [0.2, 0.25) is 0 Å². The third kappa shape index (κ3) is 3.33. The number of para-hydroxylation sites is 2. The first-order valence-electron chi connectivity index (χ1n) is 9.04. The molecule has 27 heavy (non-hydrogen) atoms. The van der Waals surface area contributed by atoms with Gasteiger partial charge in [0.25, 0.3) is 0 Å². The highest BCUT2D eigenvalue weighted by Crippen LogP contribution is 2.27. The summed E-state index contributed by atoms with van der Waals surface area (Å²) in [6, 6.07) is 17.3. The number of nitrogens with zero attached hydrogens (tertiary/aromatic N) is 5. The summed E-state index contributed by atoms with van der Waals surface area (Å²) in [4.78, 5) is 11.2. The van der Waals surface area contributed by atoms with Crippen molar-refractivity contribution in [1.82, 2.24) is 19.7 Å². The molecule has 0 unspecified atom stereocenters. The van der Waals surface area contributed by atoms with Crippen LogP contribution in [0, 0.1) is 0 Å². The average Bonchev–Trinajstić information content (AvgIpc) is 3.14. The topological polar surface area (TPSA) is 67.1 Å². The Morgan fingerprint density at radius 3 is 2.56 bits per heavy atom. The van der Waals surface area contributed by atoms with Gasteiger partial charge in [0.15, 0.2) is 5.65 Å². The van der Waals surface area contributed by atoms with Crippen LogP contribution in [0.15, 0.2) is 67.1 Å². The van der Waals surface area contributed by atoms with E-state index in [4.69, 9.17) is 0 Å². The maximum absolute atomic E-state index is 10.2. The van der Waals surface area contributed by atoms with Gasteiger partial charge < -0.3 is 10.0 Å². The summed E-state index contributed by atoms with van der Waals surface area (Å²) in [5, 5.41) is 15.6. The second-order valence-electron chi connectivity index (χ2n) is 6.38. The van der Waals surface area contributed by atoms with Crippen LogP contribution in [0.5, 0.6) is 5.75 Å². The minimum absolute atomic E-state index is 0.295. The van der Waals surface area contributed by atoms with Crippen molar-refractivity contribution in [2.75, 3.05) is 11.4 Å². The predicted octanol–water partition coefficient (Wildman–Crippen LogP) is 3.94. The molecule has 4 aromatic rings. The van der Waals surface area contributed by atoms with Crippen molar-refractivity contribution in [3.63, 3.8) is 0 Å². The third-order valence-corrected chi connectivity index (χ3v) is 4.49. The second-order valence-corrected chi connectivity index (χ2v) is 6.38. The second kappa shape index (κ2) is 7.45. The van der Waals surface area contributed by atoms with Crippen LogP contribution in [-0.2, 0) is 6.54 Å². The molecule has 0 radical (unpaired) electrons. The van der Waals surface area contributed by atoms with E-state index in [-0.39, 0.29) is 0 Å². The fraction of sp³-hybridized carbons (Fsp3) is 0.190. The van der Waals surface area contributed by atoms with Crippen molar-refractivity contribution in [3.8, 4) is 11.4 Å². The lowest BCUT2D eigenvalue weighted by atomic mass is 10.2. The molecule has 6 heteroatoms. The van der Waals surface area contributed by atoms with Crippen molar-refractivity contribution in [2.24, 2.45) is 0 Å². The molecule has 0 saturated carbocycles. The first kappa shape index (κ1) is 17.0. The molecule has 6 nitrogen and oxygen atoms in total. The molecule has 136 valence electrons. The number of fused-ring (bicyclic) bond motifs is 1. The summed E-state index contributed by atoms with van der Waals surface area (Å²) in [5.74, 6) is 1.12. The quantitative estimate of drug-likeness (QED) is 0.565. The van der Waals surface area contributed by atoms with Crippen LogP contribution < -0.4 is 4.90 Å². The maximum Gasteiger partial charge on any atom is 0.168 e. The number of hydrogen-bond donors (Lipinski definition) is 1. The molecule has 0 amide bonds. The Morgan fingerprint density at radius 2 is 1.78 bits per heavy atom. The summed E-state index contributed by atoms with van der Waals surface area (Å²) >= 11 is 0. The molecule has 0 bridgehead atoms. The van der Waals surface area contributed by atoms with Crippen molar-refractivity contribution < 1.29 is 5.11 Å². The van der Waals surface area contributed by atoms with Crippen molar-refractivity contribution in [2.45, 2.75) is 19.9 Å². The molecule has 0 aliphatic rings. The lowest BCUT2D eigenvalue weighted by Gasteiger charge is -2.24. The Hall–Kier alpha value is -3.41. The highest BCUT2D eigenvalue weighted by molar-refractivity contribution is 5.87. The fourth-order valence-electron chi connectivity index (χ4n) is 3.22. The van der Waals surface area contributed by atoms with Crippen molar-refractivity contribution in [1.29, 1.82) is 0 Å². The van der Waals surface area contributed by atoms with E-state index in [0.29, 0.717) is 12.3 Å². The zero-order chi connectivity index (χ0) is 18.6. The zero-order valence-corrected chi connectivity index (χ0v) is 15.2. The lowest BCUT2D eigenvalue weighted by Crippen LogP contribution is -2.24. The van der Waals surface area contributed by atoms with Gasteiger partial charge in [-0.05, 0) is 24.6 Å². The molecule has 0 spiro atoms. The smallest absolute Gasteiger partial charge is 0.168 e. The monoisotopic (exact) mass is 359 g/mol. The van der Waals surface area contributed by atoms with Gasteiger partial charge >= 0.3 is 0 Å². The van der Waals surface area contributed by atoms with Gasteiger partial charge in [-0.1, -0.05) is 43.3 Å². The molecule has 2 aromatic heterocycles. The molecule has 0 aliphatic carbocycles. The Balaban J connectivity index is 1.77. The molecular weight excluding hydrogens is 338 g/mol. The van der Waals surface area contributed by atoms with Gasteiger partial charge in [0.05, 0.1) is 17.3 Å². The third-order valence-electron chi connectivity index (χ3n) is 4.49.